The van der Waals surface area contributed by atoms with Crippen molar-refractivity contribution < 1.29 is 27.5 Å². The number of benzene rings is 2. The van der Waals surface area contributed by atoms with Crippen LogP contribution >= 0.6 is 11.8 Å². The number of aliphatic carboxylic acids is 1. The van der Waals surface area contributed by atoms with Crippen LogP contribution in [0.4, 0.5) is 17.6 Å². The normalized spacial score (nSPS) is 12.9. The predicted octanol–water partition coefficient (Wildman–Crippen LogP) is 4.76. The van der Waals surface area contributed by atoms with E-state index in [4.69, 9.17) is 0 Å². The summed E-state index contributed by atoms with van der Waals surface area (Å²) in [5.74, 6) is -1.64. The summed E-state index contributed by atoms with van der Waals surface area (Å²) >= 11 is 0.925. The van der Waals surface area contributed by atoms with Crippen molar-refractivity contribution in [3.8, 4) is 0 Å². The molecule has 0 saturated heterocycles. The number of alkyl halides is 3. The molecule has 2 aromatic rings. The van der Waals surface area contributed by atoms with Gasteiger partial charge in [0.2, 0.25) is 0 Å². The second-order valence-corrected chi connectivity index (χ2v) is 5.59. The predicted molar refractivity (Wildman–Crippen MR) is 74.1 cm³/mol. The van der Waals surface area contributed by atoms with Crippen LogP contribution in [0.5, 0.6) is 0 Å². The fourth-order valence-corrected chi connectivity index (χ4v) is 2.72. The first-order valence-electron chi connectivity index (χ1n) is 6.09. The highest BCUT2D eigenvalue weighted by molar-refractivity contribution is 8.00. The first kappa shape index (κ1) is 16.4. The standard InChI is InChI=1S/C15H10F4O2S/c16-11-5-7-12(8-6-11)22-13(14(20)21)9-1-3-10(4-2-9)15(17,18)19/h1-8,13H,(H,20,21)/t13-/m1/s1. The van der Waals surface area contributed by atoms with Crippen LogP contribution < -0.4 is 0 Å². The number of hydrogen-bond acceptors (Lipinski definition) is 2. The third-order valence-electron chi connectivity index (χ3n) is 2.83. The number of halogens is 4. The van der Waals surface area contributed by atoms with E-state index < -0.39 is 28.8 Å². The second kappa shape index (κ2) is 6.39. The molecule has 0 aliphatic rings. The van der Waals surface area contributed by atoms with Gasteiger partial charge in [0, 0.05) is 4.90 Å². The molecule has 0 radical (unpaired) electrons. The number of rotatable bonds is 4. The largest absolute Gasteiger partial charge is 0.480 e. The fourth-order valence-electron chi connectivity index (χ4n) is 1.76. The van der Waals surface area contributed by atoms with Crippen LogP contribution in [-0.2, 0) is 11.0 Å². The fraction of sp³-hybridized carbons (Fsp3) is 0.133. The van der Waals surface area contributed by atoms with Gasteiger partial charge in [0.05, 0.1) is 5.56 Å². The third kappa shape index (κ3) is 4.00. The molecule has 0 aliphatic carbocycles. The van der Waals surface area contributed by atoms with Gasteiger partial charge in [-0.25, -0.2) is 4.39 Å². The molecule has 0 spiro atoms. The van der Waals surface area contributed by atoms with E-state index in [9.17, 15) is 27.5 Å². The van der Waals surface area contributed by atoms with Gasteiger partial charge in [-0.15, -0.1) is 11.8 Å². The lowest BCUT2D eigenvalue weighted by Crippen LogP contribution is -2.09. The van der Waals surface area contributed by atoms with E-state index >= 15 is 0 Å². The highest BCUT2D eigenvalue weighted by atomic mass is 32.2. The summed E-state index contributed by atoms with van der Waals surface area (Å²) < 4.78 is 50.4. The van der Waals surface area contributed by atoms with Crippen LogP contribution in [0.25, 0.3) is 0 Å². The molecule has 0 aromatic heterocycles. The Morgan fingerprint density at radius 2 is 1.55 bits per heavy atom. The monoisotopic (exact) mass is 330 g/mol. The van der Waals surface area contributed by atoms with Crippen molar-refractivity contribution in [3.05, 3.63) is 65.5 Å². The van der Waals surface area contributed by atoms with Crippen molar-refractivity contribution in [1.82, 2.24) is 0 Å². The van der Waals surface area contributed by atoms with Gasteiger partial charge in [0.15, 0.2) is 0 Å². The molecule has 2 nitrogen and oxygen atoms in total. The number of carboxylic acids is 1. The van der Waals surface area contributed by atoms with E-state index in [1.165, 1.54) is 24.3 Å². The zero-order valence-electron chi connectivity index (χ0n) is 11.0. The average molecular weight is 330 g/mol. The summed E-state index contributed by atoms with van der Waals surface area (Å²) in [6, 6.07) is 9.17. The summed E-state index contributed by atoms with van der Waals surface area (Å²) in [6.45, 7) is 0. The quantitative estimate of drug-likeness (QED) is 0.648. The Morgan fingerprint density at radius 1 is 1.00 bits per heavy atom. The van der Waals surface area contributed by atoms with Gasteiger partial charge in [-0.2, -0.15) is 13.2 Å². The average Bonchev–Trinajstić information content (AvgIpc) is 2.45. The van der Waals surface area contributed by atoms with E-state index in [1.807, 2.05) is 0 Å². The molecule has 0 saturated carbocycles. The molecule has 1 N–H and O–H groups in total. The van der Waals surface area contributed by atoms with Gasteiger partial charge >= 0.3 is 12.1 Å². The number of hydrogen-bond donors (Lipinski definition) is 1. The molecule has 0 fully saturated rings. The van der Waals surface area contributed by atoms with Crippen molar-refractivity contribution in [2.75, 3.05) is 0 Å². The summed E-state index contributed by atoms with van der Waals surface area (Å²) in [7, 11) is 0. The van der Waals surface area contributed by atoms with E-state index in [-0.39, 0.29) is 5.56 Å². The molecule has 2 rings (SSSR count). The summed E-state index contributed by atoms with van der Waals surface area (Å²) in [4.78, 5) is 11.8. The van der Waals surface area contributed by atoms with Gasteiger partial charge in [-0.3, -0.25) is 4.79 Å². The maximum absolute atomic E-state index is 12.8. The number of thioether (sulfide) groups is 1. The second-order valence-electron chi connectivity index (χ2n) is 4.41. The zero-order valence-corrected chi connectivity index (χ0v) is 11.8. The maximum atomic E-state index is 12.8. The molecule has 0 amide bonds. The van der Waals surface area contributed by atoms with Crippen molar-refractivity contribution in [2.45, 2.75) is 16.3 Å². The topological polar surface area (TPSA) is 37.3 Å². The van der Waals surface area contributed by atoms with Gasteiger partial charge in [-0.1, -0.05) is 12.1 Å². The summed E-state index contributed by atoms with van der Waals surface area (Å²) in [5, 5.41) is 8.18. The number of carbonyl (C=O) groups is 1. The van der Waals surface area contributed by atoms with Crippen LogP contribution in [0, 0.1) is 5.82 Å². The van der Waals surface area contributed by atoms with E-state index in [2.05, 4.69) is 0 Å². The van der Waals surface area contributed by atoms with Gasteiger partial charge < -0.3 is 5.11 Å². The molecule has 1 atom stereocenters. The van der Waals surface area contributed by atoms with E-state index in [0.29, 0.717) is 4.90 Å². The minimum atomic E-state index is -4.47. The molecule has 116 valence electrons. The van der Waals surface area contributed by atoms with Crippen LogP contribution in [-0.4, -0.2) is 11.1 Å². The van der Waals surface area contributed by atoms with E-state index in [1.54, 1.807) is 0 Å². The minimum Gasteiger partial charge on any atom is -0.480 e. The first-order valence-corrected chi connectivity index (χ1v) is 6.97. The number of carboxylic acid groups (broad SMARTS) is 1. The van der Waals surface area contributed by atoms with Crippen LogP contribution in [0.2, 0.25) is 0 Å². The molecule has 22 heavy (non-hydrogen) atoms. The molecular weight excluding hydrogens is 320 g/mol. The van der Waals surface area contributed by atoms with E-state index in [0.717, 1.165) is 36.0 Å². The minimum absolute atomic E-state index is 0.231. The van der Waals surface area contributed by atoms with Crippen LogP contribution in [0.15, 0.2) is 53.4 Å². The lowest BCUT2D eigenvalue weighted by atomic mass is 10.1. The Kier molecular flexibility index (Phi) is 4.75. The van der Waals surface area contributed by atoms with Crippen LogP contribution in [0.3, 0.4) is 0 Å². The Morgan fingerprint density at radius 3 is 2.00 bits per heavy atom. The summed E-state index contributed by atoms with van der Waals surface area (Å²) in [6.07, 6.45) is -4.47. The molecular formula is C15H10F4O2S. The molecule has 0 heterocycles. The molecule has 0 bridgehead atoms. The lowest BCUT2D eigenvalue weighted by Gasteiger charge is -2.14. The van der Waals surface area contributed by atoms with Gasteiger partial charge in [0.25, 0.3) is 0 Å². The highest BCUT2D eigenvalue weighted by Crippen LogP contribution is 2.37. The Balaban J connectivity index is 2.24. The smallest absolute Gasteiger partial charge is 0.416 e. The first-order chi connectivity index (χ1) is 10.3. The van der Waals surface area contributed by atoms with Gasteiger partial charge in [0.1, 0.15) is 11.1 Å². The van der Waals surface area contributed by atoms with Crippen LogP contribution in [0.1, 0.15) is 16.4 Å². The molecule has 7 heteroatoms. The van der Waals surface area contributed by atoms with Gasteiger partial charge in [-0.05, 0) is 42.0 Å². The molecule has 0 unspecified atom stereocenters. The van der Waals surface area contributed by atoms with Crippen molar-refractivity contribution in [2.24, 2.45) is 0 Å². The molecule has 0 aliphatic heterocycles. The Bertz CT molecular complexity index is 651. The lowest BCUT2D eigenvalue weighted by molar-refractivity contribution is -0.137. The Labute approximate surface area is 127 Å². The SMILES string of the molecule is O=C(O)[C@H](Sc1ccc(F)cc1)c1ccc(C(F)(F)F)cc1. The van der Waals surface area contributed by atoms with Crippen molar-refractivity contribution >= 4 is 17.7 Å². The summed E-state index contributed by atoms with van der Waals surface area (Å²) in [5.41, 5.74) is -0.609. The maximum Gasteiger partial charge on any atom is 0.416 e. The molecule has 2 aromatic carbocycles. The zero-order chi connectivity index (χ0) is 16.3. The third-order valence-corrected chi connectivity index (χ3v) is 4.09. The Hall–Kier alpha value is -2.02. The van der Waals surface area contributed by atoms with Crippen molar-refractivity contribution in [3.63, 3.8) is 0 Å². The highest BCUT2D eigenvalue weighted by Gasteiger charge is 2.31. The van der Waals surface area contributed by atoms with Crippen molar-refractivity contribution in [1.29, 1.82) is 0 Å².